The zero-order valence-corrected chi connectivity index (χ0v) is 15.7. The Morgan fingerprint density at radius 3 is 2.35 bits per heavy atom. The Bertz CT molecular complexity index is 1180. The number of nitrogens with zero attached hydrogens (tertiary/aromatic N) is 3. The molecule has 5 heteroatoms. The van der Waals surface area contributed by atoms with E-state index in [1.54, 1.807) is 22.7 Å². The fraction of sp³-hybridized carbons (Fsp3) is 0.0476. The molecule has 2 aromatic carbocycles. The molecule has 3 heterocycles. The van der Waals surface area contributed by atoms with Gasteiger partial charge in [-0.1, -0.05) is 60.2 Å². The fourth-order valence-electron chi connectivity index (χ4n) is 2.93. The molecule has 0 spiro atoms. The van der Waals surface area contributed by atoms with E-state index in [2.05, 4.69) is 64.7 Å². The highest BCUT2D eigenvalue weighted by atomic mass is 32.1. The number of rotatable bonds is 3. The van der Waals surface area contributed by atoms with Gasteiger partial charge < -0.3 is 0 Å². The van der Waals surface area contributed by atoms with Crippen molar-refractivity contribution in [3.8, 4) is 33.2 Å². The van der Waals surface area contributed by atoms with Gasteiger partial charge in [0.25, 0.3) is 0 Å². The van der Waals surface area contributed by atoms with Gasteiger partial charge in [0.1, 0.15) is 5.01 Å². The predicted octanol–water partition coefficient (Wildman–Crippen LogP) is 6.16. The molecular weight excluding hydrogens is 358 g/mol. The minimum atomic E-state index is 0.992. The largest absolute Gasteiger partial charge is 0.287 e. The second kappa shape index (κ2) is 6.20. The van der Waals surface area contributed by atoms with Crippen LogP contribution in [-0.4, -0.2) is 14.4 Å². The third-order valence-electron chi connectivity index (χ3n) is 4.35. The standard InChI is InChI=1S/C21H15N3S2/c1-14-7-9-16(10-8-14)18-12-25-20(22-18)19-13-26-21-23-17(11-24(19)21)15-5-3-2-4-6-15/h2-13H,1H3. The summed E-state index contributed by atoms with van der Waals surface area (Å²) in [4.78, 5) is 10.6. The van der Waals surface area contributed by atoms with E-state index in [-0.39, 0.29) is 0 Å². The highest BCUT2D eigenvalue weighted by molar-refractivity contribution is 7.16. The summed E-state index contributed by atoms with van der Waals surface area (Å²) in [7, 11) is 0. The topological polar surface area (TPSA) is 30.2 Å². The molecule has 5 aromatic rings. The molecule has 0 aliphatic heterocycles. The van der Waals surface area contributed by atoms with Gasteiger partial charge in [-0.2, -0.15) is 0 Å². The molecule has 126 valence electrons. The van der Waals surface area contributed by atoms with Gasteiger partial charge in [0.15, 0.2) is 4.96 Å². The normalized spacial score (nSPS) is 11.3. The van der Waals surface area contributed by atoms with E-state index < -0.39 is 0 Å². The molecule has 26 heavy (non-hydrogen) atoms. The van der Waals surface area contributed by atoms with E-state index in [0.29, 0.717) is 0 Å². The Kier molecular flexibility index (Phi) is 3.69. The first-order valence-corrected chi connectivity index (χ1v) is 10.1. The van der Waals surface area contributed by atoms with Crippen molar-refractivity contribution in [3.63, 3.8) is 0 Å². The van der Waals surface area contributed by atoms with Crippen molar-refractivity contribution in [2.24, 2.45) is 0 Å². The molecule has 0 fully saturated rings. The van der Waals surface area contributed by atoms with Crippen LogP contribution in [0.25, 0.3) is 38.2 Å². The van der Waals surface area contributed by atoms with Crippen LogP contribution in [0.2, 0.25) is 0 Å². The summed E-state index contributed by atoms with van der Waals surface area (Å²) in [5, 5.41) is 5.27. The number of aromatic nitrogens is 3. The first kappa shape index (κ1) is 15.5. The lowest BCUT2D eigenvalue weighted by molar-refractivity contribution is 1.22. The van der Waals surface area contributed by atoms with E-state index >= 15 is 0 Å². The van der Waals surface area contributed by atoms with E-state index in [1.807, 2.05) is 18.2 Å². The Labute approximate surface area is 159 Å². The van der Waals surface area contributed by atoms with Crippen molar-refractivity contribution >= 4 is 27.6 Å². The maximum Gasteiger partial charge on any atom is 0.194 e. The SMILES string of the molecule is Cc1ccc(-c2csc(-c3csc4nc(-c5ccccc5)cn34)n2)cc1. The molecular formula is C21H15N3S2. The molecule has 0 aliphatic rings. The van der Waals surface area contributed by atoms with Gasteiger partial charge in [-0.05, 0) is 6.92 Å². The van der Waals surface area contributed by atoms with E-state index in [9.17, 15) is 0 Å². The van der Waals surface area contributed by atoms with Gasteiger partial charge in [-0.25, -0.2) is 9.97 Å². The molecule has 0 unspecified atom stereocenters. The fourth-order valence-corrected chi connectivity index (χ4v) is 4.71. The van der Waals surface area contributed by atoms with Crippen molar-refractivity contribution in [1.82, 2.24) is 14.4 Å². The average molecular weight is 374 g/mol. The third-order valence-corrected chi connectivity index (χ3v) is 6.05. The maximum absolute atomic E-state index is 4.86. The van der Waals surface area contributed by atoms with Crippen molar-refractivity contribution in [2.75, 3.05) is 0 Å². The Balaban J connectivity index is 1.55. The molecule has 0 N–H and O–H groups in total. The molecule has 0 aliphatic carbocycles. The zero-order valence-electron chi connectivity index (χ0n) is 14.1. The quantitative estimate of drug-likeness (QED) is 0.379. The average Bonchev–Trinajstić information content (AvgIpc) is 3.38. The monoisotopic (exact) mass is 373 g/mol. The van der Waals surface area contributed by atoms with Crippen LogP contribution >= 0.6 is 22.7 Å². The lowest BCUT2D eigenvalue weighted by Crippen LogP contribution is -1.84. The van der Waals surface area contributed by atoms with Crippen LogP contribution in [0.15, 0.2) is 71.6 Å². The highest BCUT2D eigenvalue weighted by Crippen LogP contribution is 2.33. The third kappa shape index (κ3) is 2.66. The van der Waals surface area contributed by atoms with Gasteiger partial charge in [-0.3, -0.25) is 4.40 Å². The first-order valence-electron chi connectivity index (χ1n) is 8.33. The number of imidazole rings is 1. The number of fused-ring (bicyclic) bond motifs is 1. The van der Waals surface area contributed by atoms with Crippen LogP contribution in [0, 0.1) is 6.92 Å². The van der Waals surface area contributed by atoms with Crippen LogP contribution in [0.3, 0.4) is 0 Å². The van der Waals surface area contributed by atoms with Gasteiger partial charge in [0.2, 0.25) is 0 Å². The second-order valence-corrected chi connectivity index (χ2v) is 7.86. The molecule has 0 saturated carbocycles. The summed E-state index contributed by atoms with van der Waals surface area (Å²) in [6, 6.07) is 18.8. The van der Waals surface area contributed by atoms with E-state index in [0.717, 1.165) is 38.2 Å². The molecule has 0 saturated heterocycles. The molecule has 5 rings (SSSR count). The smallest absolute Gasteiger partial charge is 0.194 e. The molecule has 3 aromatic heterocycles. The van der Waals surface area contributed by atoms with Crippen LogP contribution in [0.4, 0.5) is 0 Å². The van der Waals surface area contributed by atoms with Crippen molar-refractivity contribution in [2.45, 2.75) is 6.92 Å². The number of hydrogen-bond acceptors (Lipinski definition) is 4. The van der Waals surface area contributed by atoms with Gasteiger partial charge in [-0.15, -0.1) is 22.7 Å². The summed E-state index contributed by atoms with van der Waals surface area (Å²) in [6.07, 6.45) is 2.10. The Hall–Kier alpha value is -2.76. The Morgan fingerprint density at radius 2 is 1.54 bits per heavy atom. The van der Waals surface area contributed by atoms with Gasteiger partial charge in [0.05, 0.1) is 17.1 Å². The van der Waals surface area contributed by atoms with Crippen molar-refractivity contribution in [1.29, 1.82) is 0 Å². The molecule has 0 radical (unpaired) electrons. The van der Waals surface area contributed by atoms with Crippen molar-refractivity contribution in [3.05, 3.63) is 77.1 Å². The lowest BCUT2D eigenvalue weighted by atomic mass is 10.1. The Morgan fingerprint density at radius 1 is 0.769 bits per heavy atom. The summed E-state index contributed by atoms with van der Waals surface area (Å²) in [5.74, 6) is 0. The molecule has 0 amide bonds. The summed E-state index contributed by atoms with van der Waals surface area (Å²) in [5.41, 5.74) is 6.66. The molecule has 0 atom stereocenters. The van der Waals surface area contributed by atoms with Crippen LogP contribution in [-0.2, 0) is 0 Å². The highest BCUT2D eigenvalue weighted by Gasteiger charge is 2.14. The molecule has 0 bridgehead atoms. The summed E-state index contributed by atoms with van der Waals surface area (Å²) < 4.78 is 2.14. The maximum atomic E-state index is 4.86. The number of aryl methyl sites for hydroxylation is 1. The summed E-state index contributed by atoms with van der Waals surface area (Å²) >= 11 is 3.32. The zero-order chi connectivity index (χ0) is 17.5. The van der Waals surface area contributed by atoms with Crippen LogP contribution in [0.5, 0.6) is 0 Å². The minimum absolute atomic E-state index is 0.992. The predicted molar refractivity (Wildman–Crippen MR) is 110 cm³/mol. The summed E-state index contributed by atoms with van der Waals surface area (Å²) in [6.45, 7) is 2.10. The van der Waals surface area contributed by atoms with Crippen molar-refractivity contribution < 1.29 is 0 Å². The van der Waals surface area contributed by atoms with E-state index in [4.69, 9.17) is 9.97 Å². The first-order chi connectivity index (χ1) is 12.8. The lowest BCUT2D eigenvalue weighted by Gasteiger charge is -1.97. The van der Waals surface area contributed by atoms with E-state index in [1.165, 1.54) is 5.56 Å². The molecule has 3 nitrogen and oxygen atoms in total. The van der Waals surface area contributed by atoms with Crippen LogP contribution < -0.4 is 0 Å². The van der Waals surface area contributed by atoms with Gasteiger partial charge in [0, 0.05) is 28.1 Å². The number of benzene rings is 2. The second-order valence-electron chi connectivity index (χ2n) is 6.17. The number of thiazole rings is 2. The minimum Gasteiger partial charge on any atom is -0.287 e. The van der Waals surface area contributed by atoms with Gasteiger partial charge >= 0.3 is 0 Å². The number of hydrogen-bond donors (Lipinski definition) is 0. The van der Waals surface area contributed by atoms with Crippen LogP contribution in [0.1, 0.15) is 5.56 Å².